The molecule has 3 aromatic carbocycles. The summed E-state index contributed by atoms with van der Waals surface area (Å²) in [5.74, 6) is 0.812. The van der Waals surface area contributed by atoms with Gasteiger partial charge in [-0.3, -0.25) is 0 Å². The number of benzene rings is 3. The van der Waals surface area contributed by atoms with Gasteiger partial charge in [0.05, 0.1) is 13.6 Å². The van der Waals surface area contributed by atoms with Crippen LogP contribution in [0.3, 0.4) is 0 Å². The minimum absolute atomic E-state index is 0. The minimum atomic E-state index is -1.87. The third-order valence-electron chi connectivity index (χ3n) is 8.66. The fourth-order valence-electron chi connectivity index (χ4n) is 6.71. The molecule has 5 rings (SSSR count). The minimum Gasteiger partial charge on any atom is -1.00 e. The van der Waals surface area contributed by atoms with Crippen LogP contribution in [0.1, 0.15) is 71.6 Å². The van der Waals surface area contributed by atoms with Crippen LogP contribution in [0.25, 0.3) is 0 Å². The zero-order valence-corrected chi connectivity index (χ0v) is 36.3. The van der Waals surface area contributed by atoms with Gasteiger partial charge < -0.3 is 26.8 Å². The van der Waals surface area contributed by atoms with Crippen LogP contribution in [0.4, 0.5) is 11.4 Å². The quantitative estimate of drug-likeness (QED) is 0.0848. The third-order valence-corrected chi connectivity index (χ3v) is 10.5. The van der Waals surface area contributed by atoms with E-state index in [1.54, 1.807) is 0 Å². The van der Waals surface area contributed by atoms with Gasteiger partial charge in [-0.2, -0.15) is 0 Å². The number of aromatic nitrogens is 2. The molecular formula is C41H55BrCl2N4O2Ru. The van der Waals surface area contributed by atoms with E-state index in [0.29, 0.717) is 6.61 Å². The molecule has 0 spiro atoms. The van der Waals surface area contributed by atoms with Gasteiger partial charge in [0, 0.05) is 24.5 Å². The Morgan fingerprint density at radius 3 is 1.92 bits per heavy atom. The Labute approximate surface area is 330 Å². The Balaban J connectivity index is 0.000000273. The number of imidazole rings is 1. The number of rotatable bonds is 14. The van der Waals surface area contributed by atoms with E-state index in [1.807, 2.05) is 42.8 Å². The van der Waals surface area contributed by atoms with Gasteiger partial charge in [-0.1, -0.05) is 35.4 Å². The molecule has 0 aliphatic carbocycles. The summed E-state index contributed by atoms with van der Waals surface area (Å²) < 4.78 is 18.0. The number of nitrogens with zero attached hydrogens (tertiary/aromatic N) is 4. The van der Waals surface area contributed by atoms with Crippen molar-refractivity contribution in [2.24, 2.45) is 7.05 Å². The number of hydrogen-bond acceptors (Lipinski definition) is 4. The van der Waals surface area contributed by atoms with E-state index in [1.165, 1.54) is 64.0 Å². The van der Waals surface area contributed by atoms with Crippen molar-refractivity contribution in [3.05, 3.63) is 113 Å². The average Bonchev–Trinajstić information content (AvgIpc) is 3.67. The van der Waals surface area contributed by atoms with Crippen molar-refractivity contribution in [2.45, 2.75) is 86.8 Å². The smallest absolute Gasteiger partial charge is 0.208 e. The largest absolute Gasteiger partial charge is 1.00 e. The summed E-state index contributed by atoms with van der Waals surface area (Å²) >= 11 is -1.87. The van der Waals surface area contributed by atoms with E-state index in [4.69, 9.17) is 28.9 Å². The molecule has 0 bridgehead atoms. The number of aryl methyl sites for hydroxylation is 8. The number of ether oxygens (including phenoxy) is 2. The first-order valence-electron chi connectivity index (χ1n) is 17.6. The van der Waals surface area contributed by atoms with Crippen molar-refractivity contribution < 1.29 is 44.5 Å². The van der Waals surface area contributed by atoms with Crippen LogP contribution in [0.2, 0.25) is 0 Å². The van der Waals surface area contributed by atoms with Crippen molar-refractivity contribution in [1.29, 1.82) is 0 Å². The average molecular weight is 888 g/mol. The van der Waals surface area contributed by atoms with Crippen LogP contribution in [-0.4, -0.2) is 41.6 Å². The predicted molar refractivity (Wildman–Crippen MR) is 208 cm³/mol. The zero-order valence-electron chi connectivity index (χ0n) is 31.5. The van der Waals surface area contributed by atoms with Crippen LogP contribution >= 0.6 is 19.4 Å². The SMILES string of the molecule is CC(COCCCCCCn1cc[n+](C)c1)Oc1ccccc1[CH]=[Ru]([Cl])[Cl].Cc1cc(C)c(N2[C]N(c3c(C)cc(C)cc3C)CC2)c(C)c1.[Br-]. The standard InChI is InChI=1S/C21H26N2.C20H29N2O2.BrH.2ClH.Ru/c1-14-9-16(3)20(17(4)10-14)22-7-8-23(13-22)21-18(5)11-15(2)12-19(21)6;1-18-10-6-7-11-20(18)24-19(2)16-23-15-9-5-4-8-12-22-14-13-21(3)17-22;;;;/h9-12H,7-8H2,1-6H3;1,6-7,10-11,13-14,17,19H,4-5,8-9,12,15-16H2,2-3H3;3*1H;/q;+1;;;;+2/p-3. The van der Waals surface area contributed by atoms with E-state index >= 15 is 0 Å². The topological polar surface area (TPSA) is 33.8 Å². The fourth-order valence-corrected chi connectivity index (χ4v) is 8.51. The van der Waals surface area contributed by atoms with E-state index in [9.17, 15) is 0 Å². The van der Waals surface area contributed by atoms with Crippen molar-refractivity contribution >= 4 is 35.4 Å². The first-order chi connectivity index (χ1) is 23.9. The Morgan fingerprint density at radius 1 is 0.843 bits per heavy atom. The van der Waals surface area contributed by atoms with Gasteiger partial charge in [-0.25, -0.2) is 9.13 Å². The third kappa shape index (κ3) is 13.6. The van der Waals surface area contributed by atoms with Crippen molar-refractivity contribution in [3.63, 3.8) is 0 Å². The fraction of sp³-hybridized carbons (Fsp3) is 0.439. The van der Waals surface area contributed by atoms with Gasteiger partial charge in [0.2, 0.25) is 13.0 Å². The van der Waals surface area contributed by atoms with Crippen LogP contribution in [0, 0.1) is 48.2 Å². The van der Waals surface area contributed by atoms with Crippen molar-refractivity contribution in [1.82, 2.24) is 4.57 Å². The molecule has 280 valence electrons. The molecule has 1 aromatic heterocycles. The molecule has 2 heterocycles. The second-order valence-electron chi connectivity index (χ2n) is 13.5. The molecule has 1 aliphatic heterocycles. The summed E-state index contributed by atoms with van der Waals surface area (Å²) in [4.78, 5) is 4.56. The molecule has 0 saturated carbocycles. The summed E-state index contributed by atoms with van der Waals surface area (Å²) in [5, 5.41) is 0. The molecule has 10 heteroatoms. The number of halogens is 3. The van der Waals surface area contributed by atoms with E-state index in [2.05, 4.69) is 110 Å². The van der Waals surface area contributed by atoms with E-state index in [0.717, 1.165) is 44.0 Å². The monoisotopic (exact) mass is 886 g/mol. The van der Waals surface area contributed by atoms with Crippen LogP contribution in [0.5, 0.6) is 5.75 Å². The zero-order chi connectivity index (χ0) is 36.2. The second kappa shape index (κ2) is 21.5. The molecule has 4 aromatic rings. The molecule has 2 radical (unpaired) electrons. The molecule has 1 aliphatic rings. The molecule has 1 unspecified atom stereocenters. The first kappa shape index (κ1) is 43.2. The summed E-state index contributed by atoms with van der Waals surface area (Å²) in [6, 6.07) is 16.9. The van der Waals surface area contributed by atoms with Crippen molar-refractivity contribution in [3.8, 4) is 5.75 Å². The molecule has 1 fully saturated rings. The summed E-state index contributed by atoms with van der Waals surface area (Å²) in [7, 11) is 14.0. The maximum Gasteiger partial charge on any atom is 0.208 e. The summed E-state index contributed by atoms with van der Waals surface area (Å²) in [5.41, 5.74) is 11.5. The van der Waals surface area contributed by atoms with Gasteiger partial charge in [0.1, 0.15) is 12.4 Å². The summed E-state index contributed by atoms with van der Waals surface area (Å²) in [6.45, 7) is 23.1. The van der Waals surface area contributed by atoms with Crippen molar-refractivity contribution in [2.75, 3.05) is 36.1 Å². The van der Waals surface area contributed by atoms with Gasteiger partial charge in [-0.05, 0) is 63.8 Å². The van der Waals surface area contributed by atoms with Gasteiger partial charge in [-0.15, -0.1) is 0 Å². The van der Waals surface area contributed by atoms with Crippen LogP contribution in [-0.2, 0) is 31.8 Å². The number of anilines is 2. The maximum atomic E-state index is 5.99. The number of unbranched alkanes of at least 4 members (excludes halogenated alkanes) is 3. The molecule has 1 saturated heterocycles. The predicted octanol–water partition coefficient (Wildman–Crippen LogP) is 6.30. The Bertz CT molecular complexity index is 1620. The van der Waals surface area contributed by atoms with Gasteiger partial charge >= 0.3 is 134 Å². The Hall–Kier alpha value is -2.22. The molecule has 51 heavy (non-hydrogen) atoms. The molecule has 6 nitrogen and oxygen atoms in total. The number of hydrogen-bond donors (Lipinski definition) is 0. The Kier molecular flexibility index (Phi) is 18.2. The van der Waals surface area contributed by atoms with Crippen LogP contribution in [0.15, 0.2) is 67.3 Å². The van der Waals surface area contributed by atoms with Gasteiger partial charge in [0.15, 0.2) is 0 Å². The molecule has 0 amide bonds. The first-order valence-corrected chi connectivity index (χ1v) is 23.0. The number of para-hydroxylation sites is 1. The maximum absolute atomic E-state index is 5.99. The molecule has 1 atom stereocenters. The molecule has 0 N–H and O–H groups in total. The van der Waals surface area contributed by atoms with E-state index < -0.39 is 13.5 Å². The van der Waals surface area contributed by atoms with E-state index in [-0.39, 0.29) is 23.1 Å². The van der Waals surface area contributed by atoms with Crippen LogP contribution < -0.4 is 36.1 Å². The molecular weight excluding hydrogens is 832 g/mol. The Morgan fingerprint density at radius 2 is 1.39 bits per heavy atom. The second-order valence-corrected chi connectivity index (χ2v) is 19.2. The van der Waals surface area contributed by atoms with Gasteiger partial charge in [0.25, 0.3) is 0 Å². The normalized spacial score (nSPS) is 13.3. The summed E-state index contributed by atoms with van der Waals surface area (Å²) in [6.07, 6.45) is 11.0.